The molecule has 2 fully saturated rings. The van der Waals surface area contributed by atoms with Crippen molar-refractivity contribution in [2.45, 2.75) is 51.9 Å². The number of hydrogen-bond donors (Lipinski definition) is 1. The van der Waals surface area contributed by atoms with E-state index in [1.54, 1.807) is 6.20 Å². The summed E-state index contributed by atoms with van der Waals surface area (Å²) in [6, 6.07) is 0. The third kappa shape index (κ3) is 3.25. The maximum absolute atomic E-state index is 6.32. The molecule has 116 valence electrons. The van der Waals surface area contributed by atoms with Crippen molar-refractivity contribution in [3.05, 3.63) is 11.2 Å². The molecule has 1 N–H and O–H groups in total. The molecule has 21 heavy (non-hydrogen) atoms. The highest BCUT2D eigenvalue weighted by atomic mass is 35.5. The van der Waals surface area contributed by atoms with E-state index in [4.69, 9.17) is 11.6 Å². The van der Waals surface area contributed by atoms with Crippen LogP contribution < -0.4 is 10.2 Å². The van der Waals surface area contributed by atoms with E-state index in [9.17, 15) is 0 Å². The summed E-state index contributed by atoms with van der Waals surface area (Å²) in [7, 11) is 0. The van der Waals surface area contributed by atoms with Crippen LogP contribution in [0.3, 0.4) is 0 Å². The number of aromatic nitrogens is 2. The van der Waals surface area contributed by atoms with Crippen LogP contribution in [0.4, 0.5) is 11.8 Å². The average Bonchev–Trinajstić information content (AvgIpc) is 2.96. The molecule has 1 spiro atoms. The summed E-state index contributed by atoms with van der Waals surface area (Å²) in [5.74, 6) is 1.59. The zero-order valence-electron chi connectivity index (χ0n) is 12.9. The number of anilines is 2. The van der Waals surface area contributed by atoms with E-state index in [-0.39, 0.29) is 0 Å². The van der Waals surface area contributed by atoms with Crippen LogP contribution in [0.2, 0.25) is 5.02 Å². The highest BCUT2D eigenvalue weighted by Gasteiger charge is 2.37. The van der Waals surface area contributed by atoms with E-state index in [1.165, 1.54) is 38.5 Å². The predicted octanol–water partition coefficient (Wildman–Crippen LogP) is 4.11. The van der Waals surface area contributed by atoms with Gasteiger partial charge in [-0.15, -0.1) is 0 Å². The molecule has 2 heterocycles. The van der Waals surface area contributed by atoms with Crippen LogP contribution in [-0.4, -0.2) is 29.6 Å². The van der Waals surface area contributed by atoms with E-state index in [0.717, 1.165) is 31.9 Å². The van der Waals surface area contributed by atoms with Crippen LogP contribution in [0.25, 0.3) is 0 Å². The summed E-state index contributed by atoms with van der Waals surface area (Å²) < 4.78 is 0. The van der Waals surface area contributed by atoms with Gasteiger partial charge >= 0.3 is 0 Å². The van der Waals surface area contributed by atoms with Crippen LogP contribution in [-0.2, 0) is 0 Å². The number of hydrogen-bond acceptors (Lipinski definition) is 4. The second-order valence-corrected chi connectivity index (χ2v) is 6.89. The minimum atomic E-state index is 0.624. The molecule has 0 radical (unpaired) electrons. The molecule has 2 aliphatic rings. The molecule has 1 saturated carbocycles. The van der Waals surface area contributed by atoms with Gasteiger partial charge in [-0.05, 0) is 37.5 Å². The van der Waals surface area contributed by atoms with Crippen molar-refractivity contribution in [2.24, 2.45) is 5.41 Å². The van der Waals surface area contributed by atoms with Gasteiger partial charge in [0.1, 0.15) is 5.02 Å². The molecular weight excluding hydrogens is 284 g/mol. The van der Waals surface area contributed by atoms with Gasteiger partial charge in [0.15, 0.2) is 5.82 Å². The van der Waals surface area contributed by atoms with Crippen molar-refractivity contribution >= 4 is 23.4 Å². The highest BCUT2D eigenvalue weighted by molar-refractivity contribution is 6.32. The first-order valence-electron chi connectivity index (χ1n) is 8.24. The third-order valence-corrected chi connectivity index (χ3v) is 5.31. The van der Waals surface area contributed by atoms with Crippen molar-refractivity contribution in [3.63, 3.8) is 0 Å². The van der Waals surface area contributed by atoms with Crippen molar-refractivity contribution in [2.75, 3.05) is 29.9 Å². The van der Waals surface area contributed by atoms with Crippen LogP contribution in [0, 0.1) is 5.41 Å². The standard InChI is InChI=1S/C16H25ClN4/c1-2-9-18-15-19-12-13(17)14(20-15)21-10-7-16(8-11-21)5-3-4-6-16/h12H,2-11H2,1H3,(H,18,19,20). The summed E-state index contributed by atoms with van der Waals surface area (Å²) in [6.45, 7) is 5.17. The predicted molar refractivity (Wildman–Crippen MR) is 88.2 cm³/mol. The lowest BCUT2D eigenvalue weighted by molar-refractivity contribution is 0.226. The van der Waals surface area contributed by atoms with E-state index in [2.05, 4.69) is 27.1 Å². The molecule has 0 bridgehead atoms. The summed E-state index contributed by atoms with van der Waals surface area (Å²) in [5.41, 5.74) is 0.624. The number of nitrogens with one attached hydrogen (secondary N) is 1. The van der Waals surface area contributed by atoms with Gasteiger partial charge in [0, 0.05) is 19.6 Å². The van der Waals surface area contributed by atoms with Gasteiger partial charge in [0.25, 0.3) is 0 Å². The molecule has 0 amide bonds. The Balaban J connectivity index is 1.69. The largest absolute Gasteiger partial charge is 0.355 e. The van der Waals surface area contributed by atoms with E-state index < -0.39 is 0 Å². The minimum absolute atomic E-state index is 0.624. The Kier molecular flexibility index (Phi) is 4.53. The zero-order chi connectivity index (χ0) is 14.7. The summed E-state index contributed by atoms with van der Waals surface area (Å²) in [4.78, 5) is 11.2. The number of nitrogens with zero attached hydrogens (tertiary/aromatic N) is 3. The van der Waals surface area contributed by atoms with Gasteiger partial charge in [0.05, 0.1) is 6.20 Å². The quantitative estimate of drug-likeness (QED) is 0.908. The fourth-order valence-electron chi connectivity index (χ4n) is 3.72. The van der Waals surface area contributed by atoms with Crippen LogP contribution >= 0.6 is 11.6 Å². The van der Waals surface area contributed by atoms with Crippen molar-refractivity contribution in [1.29, 1.82) is 0 Å². The van der Waals surface area contributed by atoms with Crippen molar-refractivity contribution in [3.8, 4) is 0 Å². The molecule has 1 aliphatic heterocycles. The molecule has 0 aromatic carbocycles. The van der Waals surface area contributed by atoms with Gasteiger partial charge < -0.3 is 10.2 Å². The Morgan fingerprint density at radius 1 is 1.24 bits per heavy atom. The highest BCUT2D eigenvalue weighted by Crippen LogP contribution is 2.46. The fourth-order valence-corrected chi connectivity index (χ4v) is 3.93. The molecule has 1 aromatic heterocycles. The molecule has 3 rings (SSSR count). The lowest BCUT2D eigenvalue weighted by Crippen LogP contribution is -2.39. The van der Waals surface area contributed by atoms with E-state index >= 15 is 0 Å². The first kappa shape index (κ1) is 14.9. The zero-order valence-corrected chi connectivity index (χ0v) is 13.6. The maximum Gasteiger partial charge on any atom is 0.224 e. The van der Waals surface area contributed by atoms with Gasteiger partial charge in [-0.2, -0.15) is 4.98 Å². The van der Waals surface area contributed by atoms with Gasteiger partial charge in [-0.25, -0.2) is 4.98 Å². The molecule has 1 saturated heterocycles. The van der Waals surface area contributed by atoms with Crippen LogP contribution in [0.1, 0.15) is 51.9 Å². The Labute approximate surface area is 132 Å². The molecule has 4 nitrogen and oxygen atoms in total. The molecule has 5 heteroatoms. The van der Waals surface area contributed by atoms with Crippen molar-refractivity contribution < 1.29 is 0 Å². The lowest BCUT2D eigenvalue weighted by atomic mass is 9.77. The fraction of sp³-hybridized carbons (Fsp3) is 0.750. The summed E-state index contributed by atoms with van der Waals surface area (Å²) in [5, 5.41) is 3.91. The number of halogens is 1. The summed E-state index contributed by atoms with van der Waals surface area (Å²) >= 11 is 6.32. The number of piperidine rings is 1. The molecule has 1 aromatic rings. The Morgan fingerprint density at radius 3 is 2.62 bits per heavy atom. The monoisotopic (exact) mass is 308 g/mol. The normalized spacial score (nSPS) is 21.0. The van der Waals surface area contributed by atoms with Gasteiger partial charge in [-0.3, -0.25) is 0 Å². The second kappa shape index (κ2) is 6.39. The molecule has 0 unspecified atom stereocenters. The first-order valence-corrected chi connectivity index (χ1v) is 8.62. The van der Waals surface area contributed by atoms with Gasteiger partial charge in [0.2, 0.25) is 5.95 Å². The van der Waals surface area contributed by atoms with Crippen LogP contribution in [0.15, 0.2) is 6.20 Å². The first-order chi connectivity index (χ1) is 10.2. The maximum atomic E-state index is 6.32. The third-order valence-electron chi connectivity index (χ3n) is 5.05. The SMILES string of the molecule is CCCNc1ncc(Cl)c(N2CCC3(CCCC3)CC2)n1. The topological polar surface area (TPSA) is 41.1 Å². The molecular formula is C16H25ClN4. The lowest BCUT2D eigenvalue weighted by Gasteiger charge is -2.40. The van der Waals surface area contributed by atoms with E-state index in [1.807, 2.05) is 0 Å². The Bertz CT molecular complexity index is 475. The Hall–Kier alpha value is -1.03. The average molecular weight is 309 g/mol. The number of rotatable bonds is 4. The van der Waals surface area contributed by atoms with Crippen LogP contribution in [0.5, 0.6) is 0 Å². The Morgan fingerprint density at radius 2 is 1.95 bits per heavy atom. The smallest absolute Gasteiger partial charge is 0.224 e. The summed E-state index contributed by atoms with van der Waals surface area (Å²) in [6.07, 6.45) is 11.0. The molecule has 1 aliphatic carbocycles. The second-order valence-electron chi connectivity index (χ2n) is 6.49. The van der Waals surface area contributed by atoms with E-state index in [0.29, 0.717) is 16.4 Å². The molecule has 0 atom stereocenters. The van der Waals surface area contributed by atoms with Crippen molar-refractivity contribution in [1.82, 2.24) is 9.97 Å². The van der Waals surface area contributed by atoms with Gasteiger partial charge in [-0.1, -0.05) is 31.4 Å². The minimum Gasteiger partial charge on any atom is -0.355 e.